The number of nitrogens with two attached hydrogens (primary N) is 1. The summed E-state index contributed by atoms with van der Waals surface area (Å²) in [4.78, 5) is 12.2. The van der Waals surface area contributed by atoms with Gasteiger partial charge in [0, 0.05) is 23.6 Å². The number of ether oxygens (including phenoxy) is 1. The Morgan fingerprint density at radius 1 is 1.29 bits per heavy atom. The molecule has 21 heavy (non-hydrogen) atoms. The molecule has 0 fully saturated rings. The van der Waals surface area contributed by atoms with Crippen LogP contribution in [0.2, 0.25) is 0 Å². The number of carbonyl (C=O) groups is 1. The molecule has 0 unspecified atom stereocenters. The maximum Gasteiger partial charge on any atom is 0.221 e. The van der Waals surface area contributed by atoms with E-state index in [1.54, 1.807) is 30.3 Å². The number of nitrogens with one attached hydrogen (secondary N) is 1. The zero-order valence-corrected chi connectivity index (χ0v) is 12.5. The summed E-state index contributed by atoms with van der Waals surface area (Å²) in [6.45, 7) is 1.44. The van der Waals surface area contributed by atoms with Crippen LogP contribution in [0.25, 0.3) is 0 Å². The summed E-state index contributed by atoms with van der Waals surface area (Å²) >= 11 is 1.26. The minimum absolute atomic E-state index is 0.135. The van der Waals surface area contributed by atoms with Crippen molar-refractivity contribution in [3.05, 3.63) is 42.2 Å². The van der Waals surface area contributed by atoms with Gasteiger partial charge < -0.3 is 15.8 Å². The van der Waals surface area contributed by atoms with Crippen molar-refractivity contribution in [2.75, 3.05) is 18.2 Å². The molecule has 0 atom stereocenters. The molecule has 0 bridgehead atoms. The monoisotopic (exact) mass is 306 g/mol. The molecule has 0 saturated heterocycles. The van der Waals surface area contributed by atoms with Crippen LogP contribution in [0.4, 0.5) is 15.8 Å². The van der Waals surface area contributed by atoms with Gasteiger partial charge in [-0.1, -0.05) is 11.8 Å². The molecule has 6 heteroatoms. The van der Waals surface area contributed by atoms with Gasteiger partial charge in [0.1, 0.15) is 11.6 Å². The fourth-order valence-corrected chi connectivity index (χ4v) is 2.59. The molecule has 0 spiro atoms. The van der Waals surface area contributed by atoms with Gasteiger partial charge in [-0.3, -0.25) is 4.79 Å². The molecule has 1 amide bonds. The Morgan fingerprint density at radius 2 is 1.95 bits per heavy atom. The number of rotatable bonds is 4. The quantitative estimate of drug-likeness (QED) is 0.848. The first-order valence-electron chi connectivity index (χ1n) is 6.18. The van der Waals surface area contributed by atoms with Crippen LogP contribution >= 0.6 is 11.8 Å². The van der Waals surface area contributed by atoms with Gasteiger partial charge in [-0.15, -0.1) is 0 Å². The Morgan fingerprint density at radius 3 is 2.52 bits per heavy atom. The molecule has 0 radical (unpaired) electrons. The van der Waals surface area contributed by atoms with Gasteiger partial charge >= 0.3 is 0 Å². The van der Waals surface area contributed by atoms with Crippen molar-refractivity contribution < 1.29 is 13.9 Å². The first kappa shape index (κ1) is 15.2. The van der Waals surface area contributed by atoms with Crippen molar-refractivity contribution in [3.63, 3.8) is 0 Å². The summed E-state index contributed by atoms with van der Waals surface area (Å²) in [6, 6.07) is 9.94. The van der Waals surface area contributed by atoms with E-state index < -0.39 is 5.82 Å². The average molecular weight is 306 g/mol. The third-order valence-corrected chi connectivity index (χ3v) is 3.73. The molecule has 2 rings (SSSR count). The van der Waals surface area contributed by atoms with Gasteiger partial charge in [0.2, 0.25) is 5.91 Å². The van der Waals surface area contributed by atoms with Crippen LogP contribution in [-0.4, -0.2) is 13.0 Å². The molecule has 0 saturated carbocycles. The smallest absolute Gasteiger partial charge is 0.221 e. The molecule has 0 aliphatic carbocycles. The van der Waals surface area contributed by atoms with Gasteiger partial charge in [0.05, 0.1) is 17.7 Å². The third kappa shape index (κ3) is 3.88. The van der Waals surface area contributed by atoms with E-state index in [2.05, 4.69) is 5.32 Å². The lowest BCUT2D eigenvalue weighted by molar-refractivity contribution is -0.114. The highest BCUT2D eigenvalue weighted by Gasteiger charge is 2.10. The fraction of sp³-hybridized carbons (Fsp3) is 0.133. The van der Waals surface area contributed by atoms with E-state index in [0.29, 0.717) is 16.3 Å². The van der Waals surface area contributed by atoms with Crippen LogP contribution < -0.4 is 15.8 Å². The largest absolute Gasteiger partial charge is 0.495 e. The Hall–Kier alpha value is -2.21. The van der Waals surface area contributed by atoms with Crippen molar-refractivity contribution in [1.29, 1.82) is 0 Å². The normalized spacial score (nSPS) is 10.2. The second kappa shape index (κ2) is 6.49. The second-order valence-corrected chi connectivity index (χ2v) is 5.45. The van der Waals surface area contributed by atoms with E-state index >= 15 is 0 Å². The molecule has 0 aliphatic heterocycles. The molecular formula is C15H15FN2O2S. The summed E-state index contributed by atoms with van der Waals surface area (Å²) in [5, 5.41) is 2.67. The van der Waals surface area contributed by atoms with Gasteiger partial charge in [-0.25, -0.2) is 4.39 Å². The standard InChI is InChI=1S/C15H15FN2O2S/c1-9(19)18-10-3-5-11(6-4-10)21-15-8-14(20-2)13(17)7-12(15)16/h3-8H,17H2,1-2H3,(H,18,19). The number of amides is 1. The maximum atomic E-state index is 13.9. The van der Waals surface area contributed by atoms with Crippen LogP contribution in [-0.2, 0) is 4.79 Å². The number of hydrogen-bond donors (Lipinski definition) is 2. The van der Waals surface area contributed by atoms with E-state index in [0.717, 1.165) is 4.90 Å². The van der Waals surface area contributed by atoms with Crippen LogP contribution in [0.3, 0.4) is 0 Å². The predicted molar refractivity (Wildman–Crippen MR) is 82.2 cm³/mol. The van der Waals surface area contributed by atoms with Gasteiger partial charge in [0.25, 0.3) is 0 Å². The topological polar surface area (TPSA) is 64.3 Å². The number of benzene rings is 2. The minimum Gasteiger partial charge on any atom is -0.495 e. The lowest BCUT2D eigenvalue weighted by Gasteiger charge is -2.09. The second-order valence-electron chi connectivity index (χ2n) is 4.33. The predicted octanol–water partition coefficient (Wildman–Crippen LogP) is 3.53. The van der Waals surface area contributed by atoms with Gasteiger partial charge in [-0.05, 0) is 30.3 Å². The summed E-state index contributed by atoms with van der Waals surface area (Å²) in [7, 11) is 1.49. The molecular weight excluding hydrogens is 291 g/mol. The summed E-state index contributed by atoms with van der Waals surface area (Å²) < 4.78 is 19.0. The number of anilines is 2. The minimum atomic E-state index is -0.399. The number of nitrogen functional groups attached to an aromatic ring is 1. The molecule has 3 N–H and O–H groups in total. The Bertz CT molecular complexity index is 659. The highest BCUT2D eigenvalue weighted by molar-refractivity contribution is 7.99. The van der Waals surface area contributed by atoms with Crippen LogP contribution in [0.1, 0.15) is 6.92 Å². The third-order valence-electron chi connectivity index (χ3n) is 2.69. The Kier molecular flexibility index (Phi) is 4.70. The van der Waals surface area contributed by atoms with Crippen LogP contribution in [0.15, 0.2) is 46.2 Å². The maximum absolute atomic E-state index is 13.9. The number of halogens is 1. The highest BCUT2D eigenvalue weighted by Crippen LogP contribution is 2.35. The van der Waals surface area contributed by atoms with E-state index in [9.17, 15) is 9.18 Å². The van der Waals surface area contributed by atoms with Crippen LogP contribution in [0, 0.1) is 5.82 Å². The van der Waals surface area contributed by atoms with Gasteiger partial charge in [-0.2, -0.15) is 0 Å². The van der Waals surface area contributed by atoms with Crippen molar-refractivity contribution in [2.45, 2.75) is 16.7 Å². The summed E-state index contributed by atoms with van der Waals surface area (Å²) in [5.41, 5.74) is 6.61. The van der Waals surface area contributed by atoms with Crippen molar-refractivity contribution >= 4 is 29.0 Å². The Balaban J connectivity index is 2.20. The molecule has 0 aromatic heterocycles. The lowest BCUT2D eigenvalue weighted by atomic mass is 10.3. The van der Waals surface area contributed by atoms with E-state index in [1.807, 2.05) is 0 Å². The fourth-order valence-electron chi connectivity index (χ4n) is 1.74. The summed E-state index contributed by atoms with van der Waals surface area (Å²) in [5.74, 6) is -0.0947. The van der Waals surface area contributed by atoms with E-state index in [-0.39, 0.29) is 11.6 Å². The zero-order chi connectivity index (χ0) is 15.4. The van der Waals surface area contributed by atoms with Crippen LogP contribution in [0.5, 0.6) is 5.75 Å². The van der Waals surface area contributed by atoms with E-state index in [4.69, 9.17) is 10.5 Å². The van der Waals surface area contributed by atoms with Crippen molar-refractivity contribution in [2.24, 2.45) is 0 Å². The van der Waals surface area contributed by atoms with Crippen molar-refractivity contribution in [1.82, 2.24) is 0 Å². The molecule has 4 nitrogen and oxygen atoms in total. The molecule has 110 valence electrons. The van der Waals surface area contributed by atoms with E-state index in [1.165, 1.54) is 31.9 Å². The number of hydrogen-bond acceptors (Lipinski definition) is 4. The summed E-state index contributed by atoms with van der Waals surface area (Å²) in [6.07, 6.45) is 0. The number of carbonyl (C=O) groups excluding carboxylic acids is 1. The first-order valence-corrected chi connectivity index (χ1v) is 6.99. The molecule has 2 aromatic carbocycles. The molecule has 0 heterocycles. The molecule has 0 aliphatic rings. The SMILES string of the molecule is COc1cc(Sc2ccc(NC(C)=O)cc2)c(F)cc1N. The average Bonchev–Trinajstić information content (AvgIpc) is 2.43. The molecule has 2 aromatic rings. The number of methoxy groups -OCH3 is 1. The van der Waals surface area contributed by atoms with Gasteiger partial charge in [0.15, 0.2) is 0 Å². The highest BCUT2D eigenvalue weighted by atomic mass is 32.2. The first-order chi connectivity index (χ1) is 9.99. The Labute approximate surface area is 126 Å². The zero-order valence-electron chi connectivity index (χ0n) is 11.6. The van der Waals surface area contributed by atoms with Crippen molar-refractivity contribution in [3.8, 4) is 5.75 Å². The lowest BCUT2D eigenvalue weighted by Crippen LogP contribution is -2.05.